The summed E-state index contributed by atoms with van der Waals surface area (Å²) in [5.41, 5.74) is 21.0. The van der Waals surface area contributed by atoms with Crippen LogP contribution < -0.4 is 17.2 Å². The summed E-state index contributed by atoms with van der Waals surface area (Å²) in [6, 6.07) is 0.963. The molecular formula is C24H45N3O. The number of aliphatic hydroxyl groups excluding tert-OH is 1. The first-order valence-corrected chi connectivity index (χ1v) is 12.1. The fourth-order valence-electron chi connectivity index (χ4n) is 8.99. The van der Waals surface area contributed by atoms with Gasteiger partial charge >= 0.3 is 0 Å². The molecule has 4 heteroatoms. The maximum atomic E-state index is 9.30. The van der Waals surface area contributed by atoms with Gasteiger partial charge in [0.05, 0.1) is 0 Å². The SMILES string of the molecule is CC(CCCO)C1CCC2C3C(N)CC4CC(N)CCC4(C)C3CC(N)C12C. The molecule has 11 unspecified atom stereocenters. The van der Waals surface area contributed by atoms with Gasteiger partial charge in [0.15, 0.2) is 0 Å². The van der Waals surface area contributed by atoms with Crippen LogP contribution in [-0.2, 0) is 0 Å². The first kappa shape index (κ1) is 21.1. The number of hydrogen-bond donors (Lipinski definition) is 4. The van der Waals surface area contributed by atoms with Crippen LogP contribution >= 0.6 is 0 Å². The molecule has 0 aliphatic heterocycles. The second-order valence-corrected chi connectivity index (χ2v) is 11.7. The van der Waals surface area contributed by atoms with Crippen LogP contribution in [0.5, 0.6) is 0 Å². The Morgan fingerprint density at radius 1 is 1.00 bits per heavy atom. The second kappa shape index (κ2) is 7.51. The Labute approximate surface area is 172 Å². The predicted octanol–water partition coefficient (Wildman–Crippen LogP) is 3.26. The molecule has 0 radical (unpaired) electrons. The molecule has 7 N–H and O–H groups in total. The van der Waals surface area contributed by atoms with Gasteiger partial charge in [0.25, 0.3) is 0 Å². The third-order valence-corrected chi connectivity index (χ3v) is 10.6. The summed E-state index contributed by atoms with van der Waals surface area (Å²) in [5.74, 6) is 3.98. The molecule has 28 heavy (non-hydrogen) atoms. The van der Waals surface area contributed by atoms with Crippen LogP contribution in [0, 0.1) is 46.3 Å². The van der Waals surface area contributed by atoms with Gasteiger partial charge in [-0.1, -0.05) is 20.8 Å². The third kappa shape index (κ3) is 3.01. The second-order valence-electron chi connectivity index (χ2n) is 11.7. The van der Waals surface area contributed by atoms with E-state index in [4.69, 9.17) is 17.2 Å². The Bertz CT molecular complexity index is 570. The zero-order chi connectivity index (χ0) is 20.3. The van der Waals surface area contributed by atoms with E-state index in [-0.39, 0.29) is 11.5 Å². The van der Waals surface area contributed by atoms with Crippen molar-refractivity contribution in [3.8, 4) is 0 Å². The molecule has 4 saturated carbocycles. The van der Waals surface area contributed by atoms with Crippen molar-refractivity contribution in [3.05, 3.63) is 0 Å². The van der Waals surface area contributed by atoms with Crippen molar-refractivity contribution < 1.29 is 5.11 Å². The fourth-order valence-corrected chi connectivity index (χ4v) is 8.99. The molecule has 4 aliphatic rings. The molecular weight excluding hydrogens is 346 g/mol. The lowest BCUT2D eigenvalue weighted by atomic mass is 9.42. The molecule has 4 aliphatic carbocycles. The normalized spacial score (nSPS) is 54.5. The Balaban J connectivity index is 1.62. The number of fused-ring (bicyclic) bond motifs is 5. The molecule has 11 atom stereocenters. The van der Waals surface area contributed by atoms with Crippen LogP contribution in [0.2, 0.25) is 0 Å². The molecule has 0 aromatic carbocycles. The van der Waals surface area contributed by atoms with Gasteiger partial charge in [-0.25, -0.2) is 0 Å². The Morgan fingerprint density at radius 3 is 2.46 bits per heavy atom. The highest BCUT2D eigenvalue weighted by Crippen LogP contribution is 2.67. The zero-order valence-electron chi connectivity index (χ0n) is 18.4. The van der Waals surface area contributed by atoms with Crippen LogP contribution in [0.4, 0.5) is 0 Å². The minimum absolute atomic E-state index is 0.210. The van der Waals surface area contributed by atoms with Crippen molar-refractivity contribution in [2.75, 3.05) is 6.61 Å². The highest BCUT2D eigenvalue weighted by atomic mass is 16.2. The summed E-state index contributed by atoms with van der Waals surface area (Å²) < 4.78 is 0. The Hall–Kier alpha value is -0.160. The third-order valence-electron chi connectivity index (χ3n) is 10.6. The summed E-state index contributed by atoms with van der Waals surface area (Å²) in [7, 11) is 0. The minimum atomic E-state index is 0.210. The average Bonchev–Trinajstić information content (AvgIpc) is 3.01. The standard InChI is InChI=1S/C24H45N3O/c1-14(5-4-10-28)17-6-7-18-22-19(13-21(27)24(17,18)3)23(2)9-8-16(25)11-15(23)12-20(22)26/h14-22,28H,4-13,25-27H2,1-3H3. The van der Waals surface area contributed by atoms with Crippen LogP contribution in [0.1, 0.15) is 78.6 Å². The van der Waals surface area contributed by atoms with E-state index < -0.39 is 0 Å². The monoisotopic (exact) mass is 391 g/mol. The van der Waals surface area contributed by atoms with Gasteiger partial charge in [0.1, 0.15) is 0 Å². The number of hydrogen-bond acceptors (Lipinski definition) is 4. The molecule has 0 amide bonds. The maximum absolute atomic E-state index is 9.30. The summed E-state index contributed by atoms with van der Waals surface area (Å²) in [6.45, 7) is 7.76. The molecule has 0 heterocycles. The molecule has 0 saturated heterocycles. The topological polar surface area (TPSA) is 98.3 Å². The maximum Gasteiger partial charge on any atom is 0.0431 e. The smallest absolute Gasteiger partial charge is 0.0431 e. The molecule has 0 aromatic heterocycles. The van der Waals surface area contributed by atoms with E-state index >= 15 is 0 Å². The first-order chi connectivity index (χ1) is 13.2. The molecule has 0 aromatic rings. The van der Waals surface area contributed by atoms with Crippen LogP contribution in [0.15, 0.2) is 0 Å². The fraction of sp³-hybridized carbons (Fsp3) is 1.00. The van der Waals surface area contributed by atoms with E-state index in [9.17, 15) is 5.11 Å². The lowest BCUT2D eigenvalue weighted by molar-refractivity contribution is -0.132. The summed E-state index contributed by atoms with van der Waals surface area (Å²) in [6.07, 6.45) is 10.5. The van der Waals surface area contributed by atoms with E-state index in [1.165, 1.54) is 25.7 Å². The largest absolute Gasteiger partial charge is 0.396 e. The van der Waals surface area contributed by atoms with E-state index in [2.05, 4.69) is 20.8 Å². The van der Waals surface area contributed by atoms with Crippen molar-refractivity contribution in [1.82, 2.24) is 0 Å². The van der Waals surface area contributed by atoms with Crippen LogP contribution in [0.25, 0.3) is 0 Å². The van der Waals surface area contributed by atoms with Gasteiger partial charge in [0.2, 0.25) is 0 Å². The molecule has 162 valence electrons. The molecule has 4 fully saturated rings. The summed E-state index contributed by atoms with van der Waals surface area (Å²) in [5, 5.41) is 9.30. The van der Waals surface area contributed by atoms with Gasteiger partial charge < -0.3 is 22.3 Å². The highest BCUT2D eigenvalue weighted by molar-refractivity contribution is 5.16. The van der Waals surface area contributed by atoms with Gasteiger partial charge in [-0.05, 0) is 104 Å². The number of aliphatic hydroxyl groups is 1. The van der Waals surface area contributed by atoms with Crippen molar-refractivity contribution in [2.24, 2.45) is 63.5 Å². The van der Waals surface area contributed by atoms with E-state index in [0.29, 0.717) is 59.6 Å². The molecule has 0 bridgehead atoms. The molecule has 0 spiro atoms. The minimum Gasteiger partial charge on any atom is -0.396 e. The van der Waals surface area contributed by atoms with E-state index in [0.717, 1.165) is 32.1 Å². The lowest BCUT2D eigenvalue weighted by Gasteiger charge is -2.64. The van der Waals surface area contributed by atoms with Gasteiger partial charge in [-0.15, -0.1) is 0 Å². The van der Waals surface area contributed by atoms with Crippen molar-refractivity contribution in [3.63, 3.8) is 0 Å². The van der Waals surface area contributed by atoms with E-state index in [1.54, 1.807) is 0 Å². The van der Waals surface area contributed by atoms with Crippen molar-refractivity contribution in [1.29, 1.82) is 0 Å². The highest BCUT2D eigenvalue weighted by Gasteiger charge is 2.64. The Kier molecular flexibility index (Phi) is 5.66. The number of rotatable bonds is 4. The quantitative estimate of drug-likeness (QED) is 0.591. The first-order valence-electron chi connectivity index (χ1n) is 12.1. The van der Waals surface area contributed by atoms with Crippen LogP contribution in [0.3, 0.4) is 0 Å². The van der Waals surface area contributed by atoms with Crippen LogP contribution in [-0.4, -0.2) is 29.8 Å². The summed E-state index contributed by atoms with van der Waals surface area (Å²) >= 11 is 0. The van der Waals surface area contributed by atoms with Gasteiger partial charge in [0, 0.05) is 24.7 Å². The lowest BCUT2D eigenvalue weighted by Crippen LogP contribution is -2.65. The van der Waals surface area contributed by atoms with Crippen molar-refractivity contribution in [2.45, 2.75) is 96.7 Å². The predicted molar refractivity (Wildman–Crippen MR) is 115 cm³/mol. The Morgan fingerprint density at radius 2 is 1.75 bits per heavy atom. The zero-order valence-corrected chi connectivity index (χ0v) is 18.4. The number of nitrogens with two attached hydrogens (primary N) is 3. The molecule has 4 rings (SSSR count). The van der Waals surface area contributed by atoms with Crippen molar-refractivity contribution >= 4 is 0 Å². The average molecular weight is 392 g/mol. The van der Waals surface area contributed by atoms with Gasteiger partial charge in [-0.3, -0.25) is 0 Å². The summed E-state index contributed by atoms with van der Waals surface area (Å²) in [4.78, 5) is 0. The van der Waals surface area contributed by atoms with Gasteiger partial charge in [-0.2, -0.15) is 0 Å². The van der Waals surface area contributed by atoms with E-state index in [1.807, 2.05) is 0 Å². The molecule has 4 nitrogen and oxygen atoms in total.